The quantitative estimate of drug-likeness (QED) is 0.382. The van der Waals surface area contributed by atoms with E-state index in [1.165, 1.54) is 5.56 Å². The van der Waals surface area contributed by atoms with Crippen LogP contribution in [-0.4, -0.2) is 35.7 Å². The summed E-state index contributed by atoms with van der Waals surface area (Å²) >= 11 is 6.16. The average Bonchev–Trinajstić information content (AvgIpc) is 2.70. The van der Waals surface area contributed by atoms with Crippen molar-refractivity contribution in [1.29, 1.82) is 0 Å². The van der Waals surface area contributed by atoms with Crippen LogP contribution >= 0.6 is 11.6 Å². The minimum atomic E-state index is -3.67. The van der Waals surface area contributed by atoms with Crippen molar-refractivity contribution < 1.29 is 17.8 Å². The number of carbonyl (C=O) groups excluding carboxylic acids is 1. The normalized spacial score (nSPS) is 13.1. The molecule has 0 spiro atoms. The molecule has 0 bridgehead atoms. The number of nitrogens with zero attached hydrogens (tertiary/aromatic N) is 2. The van der Waals surface area contributed by atoms with Crippen LogP contribution in [0.25, 0.3) is 10.9 Å². The van der Waals surface area contributed by atoms with E-state index in [2.05, 4.69) is 4.99 Å². The zero-order valence-electron chi connectivity index (χ0n) is 13.8. The smallest absolute Gasteiger partial charge is 0.297 e. The van der Waals surface area contributed by atoms with E-state index in [1.54, 1.807) is 0 Å². The van der Waals surface area contributed by atoms with Crippen molar-refractivity contribution in [3.8, 4) is 0 Å². The summed E-state index contributed by atoms with van der Waals surface area (Å²) in [6.45, 7) is 0. The Bertz CT molecular complexity index is 967. The molecule has 0 saturated heterocycles. The van der Waals surface area contributed by atoms with Crippen molar-refractivity contribution in [1.82, 2.24) is 4.57 Å². The number of aliphatic imine (C=N–C) groups is 1. The maximum atomic E-state index is 12.2. The molecule has 1 aromatic heterocycles. The van der Waals surface area contributed by atoms with Crippen molar-refractivity contribution >= 4 is 44.5 Å². The third-order valence-electron chi connectivity index (χ3n) is 3.75. The summed E-state index contributed by atoms with van der Waals surface area (Å²) in [5.74, 6) is -0.621. The molecule has 0 fully saturated rings. The van der Waals surface area contributed by atoms with Gasteiger partial charge in [0.25, 0.3) is 16.0 Å². The van der Waals surface area contributed by atoms with E-state index in [0.29, 0.717) is 17.0 Å². The second-order valence-corrected chi connectivity index (χ2v) is 7.68. The Hall–Kier alpha value is -2.10. The van der Waals surface area contributed by atoms with Crippen molar-refractivity contribution in [2.45, 2.75) is 19.3 Å². The monoisotopic (exact) mass is 386 g/mol. The van der Waals surface area contributed by atoms with Crippen LogP contribution < -0.4 is 11.5 Å². The van der Waals surface area contributed by atoms with Gasteiger partial charge in [0.15, 0.2) is 5.96 Å². The van der Waals surface area contributed by atoms with Crippen LogP contribution in [0.1, 0.15) is 28.0 Å². The van der Waals surface area contributed by atoms with Gasteiger partial charge in [-0.05, 0) is 42.5 Å². The highest BCUT2D eigenvalue weighted by atomic mass is 35.5. The minimum absolute atomic E-state index is 0.221. The summed E-state index contributed by atoms with van der Waals surface area (Å²) in [5.41, 5.74) is 14.3. The summed E-state index contributed by atoms with van der Waals surface area (Å²) in [5, 5.41) is 1.81. The van der Waals surface area contributed by atoms with Gasteiger partial charge in [0.1, 0.15) is 5.69 Å². The van der Waals surface area contributed by atoms with Crippen molar-refractivity contribution in [3.05, 3.63) is 34.0 Å². The molecule has 0 saturated carbocycles. The Morgan fingerprint density at radius 1 is 1.32 bits per heavy atom. The first-order valence-corrected chi connectivity index (χ1v) is 9.57. The number of amides is 1. The molecule has 0 unspecified atom stereocenters. The lowest BCUT2D eigenvalue weighted by Crippen LogP contribution is -2.25. The van der Waals surface area contributed by atoms with Gasteiger partial charge in [-0.1, -0.05) is 11.6 Å². The second kappa shape index (κ2) is 7.03. The van der Waals surface area contributed by atoms with Gasteiger partial charge < -0.3 is 16.0 Å². The van der Waals surface area contributed by atoms with Crippen molar-refractivity contribution in [3.63, 3.8) is 0 Å². The SMILES string of the molecule is CS(=O)(=O)O.Cn1c(C(=O)N=C(N)N)c2c3c(cc(Cl)cc31)CCC2. The van der Waals surface area contributed by atoms with Crippen LogP contribution in [0.2, 0.25) is 5.02 Å². The van der Waals surface area contributed by atoms with Gasteiger partial charge in [-0.2, -0.15) is 13.4 Å². The van der Waals surface area contributed by atoms with Gasteiger partial charge in [-0.15, -0.1) is 0 Å². The van der Waals surface area contributed by atoms with E-state index in [4.69, 9.17) is 27.6 Å². The van der Waals surface area contributed by atoms with Gasteiger partial charge in [-0.3, -0.25) is 9.35 Å². The number of carbonyl (C=O) groups is 1. The Labute approximate surface area is 150 Å². The first kappa shape index (κ1) is 19.2. The van der Waals surface area contributed by atoms with Gasteiger partial charge in [0.05, 0.1) is 11.8 Å². The van der Waals surface area contributed by atoms with E-state index in [1.807, 2.05) is 23.7 Å². The van der Waals surface area contributed by atoms with E-state index < -0.39 is 16.0 Å². The van der Waals surface area contributed by atoms with Crippen LogP contribution in [0.5, 0.6) is 0 Å². The largest absolute Gasteiger partial charge is 0.370 e. The number of benzene rings is 1. The number of aromatic nitrogens is 1. The lowest BCUT2D eigenvalue weighted by atomic mass is 9.91. The maximum Gasteiger partial charge on any atom is 0.297 e. The molecule has 3 rings (SSSR count). The molecule has 1 aliphatic carbocycles. The Morgan fingerprint density at radius 3 is 2.48 bits per heavy atom. The van der Waals surface area contributed by atoms with E-state index in [9.17, 15) is 13.2 Å². The maximum absolute atomic E-state index is 12.2. The molecule has 1 aliphatic rings. The zero-order valence-corrected chi connectivity index (χ0v) is 15.4. The Morgan fingerprint density at radius 2 is 1.92 bits per heavy atom. The van der Waals surface area contributed by atoms with Crippen LogP contribution in [0, 0.1) is 0 Å². The third-order valence-corrected chi connectivity index (χ3v) is 3.97. The summed E-state index contributed by atoms with van der Waals surface area (Å²) in [4.78, 5) is 15.9. The highest BCUT2D eigenvalue weighted by Crippen LogP contribution is 2.36. The number of nitrogens with two attached hydrogens (primary N) is 2. The van der Waals surface area contributed by atoms with Crippen LogP contribution in [-0.2, 0) is 30.0 Å². The van der Waals surface area contributed by atoms with Crippen LogP contribution in [0.15, 0.2) is 17.1 Å². The highest BCUT2D eigenvalue weighted by molar-refractivity contribution is 7.85. The molecule has 1 amide bonds. The standard InChI is InChI=1S/C14H15ClN4O.CH4O3S/c1-19-10-6-8(15)5-7-3-2-4-9(11(7)10)12(19)13(20)18-14(16)17;1-5(2,3)4/h5-6H,2-4H2,1H3,(H4,16,17,18,20);1H3,(H,2,3,4). The number of aryl methyl sites for hydroxylation is 3. The summed E-state index contributed by atoms with van der Waals surface area (Å²) in [7, 11) is -1.83. The van der Waals surface area contributed by atoms with Crippen molar-refractivity contribution in [2.24, 2.45) is 23.5 Å². The fourth-order valence-corrected chi connectivity index (χ4v) is 3.28. The van der Waals surface area contributed by atoms with E-state index >= 15 is 0 Å². The molecule has 2 aromatic rings. The molecule has 0 atom stereocenters. The number of guanidine groups is 1. The van der Waals surface area contributed by atoms with E-state index in [-0.39, 0.29) is 5.96 Å². The fourth-order valence-electron chi connectivity index (χ4n) is 3.04. The summed E-state index contributed by atoms with van der Waals surface area (Å²) in [6, 6.07) is 3.85. The average molecular weight is 387 g/mol. The van der Waals surface area contributed by atoms with Gasteiger partial charge in [-0.25, -0.2) is 0 Å². The van der Waals surface area contributed by atoms with Crippen LogP contribution in [0.3, 0.4) is 0 Å². The molecule has 10 heteroatoms. The van der Waals surface area contributed by atoms with Crippen molar-refractivity contribution in [2.75, 3.05) is 6.26 Å². The number of hydrogen-bond donors (Lipinski definition) is 3. The van der Waals surface area contributed by atoms with Gasteiger partial charge in [0, 0.05) is 17.5 Å². The summed E-state index contributed by atoms with van der Waals surface area (Å²) < 4.78 is 27.7. The Balaban J connectivity index is 0.000000399. The predicted octanol–water partition coefficient (Wildman–Crippen LogP) is 1.24. The topological polar surface area (TPSA) is 141 Å². The molecule has 1 heterocycles. The molecule has 5 N–H and O–H groups in total. The number of halogens is 1. The summed E-state index contributed by atoms with van der Waals surface area (Å²) in [6.07, 6.45) is 3.54. The third kappa shape index (κ3) is 4.50. The molecule has 1 aromatic carbocycles. The van der Waals surface area contributed by atoms with Crippen LogP contribution in [0.4, 0.5) is 0 Å². The number of rotatable bonds is 1. The molecule has 136 valence electrons. The van der Waals surface area contributed by atoms with E-state index in [0.717, 1.165) is 35.7 Å². The molecule has 8 nitrogen and oxygen atoms in total. The first-order chi connectivity index (χ1) is 11.5. The second-order valence-electron chi connectivity index (χ2n) is 5.77. The van der Waals surface area contributed by atoms with Gasteiger partial charge in [0.2, 0.25) is 0 Å². The first-order valence-electron chi connectivity index (χ1n) is 7.35. The highest BCUT2D eigenvalue weighted by Gasteiger charge is 2.25. The molecule has 0 radical (unpaired) electrons. The lowest BCUT2D eigenvalue weighted by Gasteiger charge is -2.12. The minimum Gasteiger partial charge on any atom is -0.370 e. The molecular formula is C15H19ClN4O4S. The molecule has 25 heavy (non-hydrogen) atoms. The van der Waals surface area contributed by atoms with Gasteiger partial charge >= 0.3 is 0 Å². The predicted molar refractivity (Wildman–Crippen MR) is 97.6 cm³/mol. The molecule has 0 aliphatic heterocycles. The number of hydrogen-bond acceptors (Lipinski definition) is 3. The lowest BCUT2D eigenvalue weighted by molar-refractivity contribution is 0.0994. The fraction of sp³-hybridized carbons (Fsp3) is 0.333. The Kier molecular flexibility index (Phi) is 5.40. The zero-order chi connectivity index (χ0) is 18.9. The molecular weight excluding hydrogens is 368 g/mol.